The second-order valence-electron chi connectivity index (χ2n) is 6.49. The van der Waals surface area contributed by atoms with Crippen LogP contribution >= 0.6 is 27.7 Å². The number of halogens is 1. The molecule has 0 spiro atoms. The largest absolute Gasteiger partial charge is 0.378 e. The molecule has 0 saturated carbocycles. The number of thioether (sulfide) groups is 1. The van der Waals surface area contributed by atoms with Gasteiger partial charge in [-0.1, -0.05) is 45.9 Å². The Morgan fingerprint density at radius 3 is 2.69 bits per heavy atom. The fourth-order valence-electron chi connectivity index (χ4n) is 2.69. The molecule has 0 atom stereocenters. The van der Waals surface area contributed by atoms with E-state index in [1.807, 2.05) is 66.0 Å². The quantitative estimate of drug-likeness (QED) is 0.381. The molecular formula is C21H22BrN5OS. The molecule has 29 heavy (non-hydrogen) atoms. The number of amides is 1. The highest BCUT2D eigenvalue weighted by atomic mass is 79.9. The first kappa shape index (κ1) is 21.1. The van der Waals surface area contributed by atoms with E-state index in [-0.39, 0.29) is 11.7 Å². The van der Waals surface area contributed by atoms with Gasteiger partial charge in [0.1, 0.15) is 0 Å². The first-order valence-electron chi connectivity index (χ1n) is 8.98. The lowest BCUT2D eigenvalue weighted by atomic mass is 10.2. The van der Waals surface area contributed by atoms with Gasteiger partial charge in [0.2, 0.25) is 5.91 Å². The van der Waals surface area contributed by atoms with E-state index in [0.29, 0.717) is 11.7 Å². The number of aromatic nitrogens is 3. The van der Waals surface area contributed by atoms with E-state index >= 15 is 0 Å². The molecule has 6 nitrogen and oxygen atoms in total. The van der Waals surface area contributed by atoms with Crippen LogP contribution in [0.4, 0.5) is 11.4 Å². The van der Waals surface area contributed by atoms with Crippen LogP contribution in [0.25, 0.3) is 11.4 Å². The summed E-state index contributed by atoms with van der Waals surface area (Å²) in [5.41, 5.74) is 2.81. The molecule has 1 amide bonds. The molecule has 8 heteroatoms. The average molecular weight is 472 g/mol. The molecule has 2 aromatic carbocycles. The van der Waals surface area contributed by atoms with E-state index in [2.05, 4.69) is 44.1 Å². The van der Waals surface area contributed by atoms with E-state index in [1.54, 1.807) is 6.08 Å². The number of allylic oxidation sites excluding steroid dienone is 1. The summed E-state index contributed by atoms with van der Waals surface area (Å²) in [5.74, 6) is 0.898. The molecule has 150 valence electrons. The topological polar surface area (TPSA) is 63.1 Å². The van der Waals surface area contributed by atoms with Crippen molar-refractivity contribution < 1.29 is 4.79 Å². The predicted molar refractivity (Wildman–Crippen MR) is 123 cm³/mol. The smallest absolute Gasteiger partial charge is 0.234 e. The number of carbonyl (C=O) groups excluding carboxylic acids is 1. The minimum absolute atomic E-state index is 0.0957. The average Bonchev–Trinajstić information content (AvgIpc) is 3.11. The first-order valence-corrected chi connectivity index (χ1v) is 10.8. The second-order valence-corrected chi connectivity index (χ2v) is 8.35. The molecule has 0 aliphatic heterocycles. The minimum Gasteiger partial charge on any atom is -0.378 e. The number of hydrogen-bond donors (Lipinski definition) is 1. The van der Waals surface area contributed by atoms with Gasteiger partial charge >= 0.3 is 0 Å². The summed E-state index contributed by atoms with van der Waals surface area (Å²) in [6, 6.07) is 15.6. The molecule has 0 radical (unpaired) electrons. The van der Waals surface area contributed by atoms with Crippen molar-refractivity contribution in [2.45, 2.75) is 11.7 Å². The number of nitrogens with one attached hydrogen (secondary N) is 1. The van der Waals surface area contributed by atoms with Gasteiger partial charge in [0.05, 0.1) is 5.75 Å². The minimum atomic E-state index is -0.0957. The van der Waals surface area contributed by atoms with Gasteiger partial charge in [0.15, 0.2) is 11.0 Å². The number of benzene rings is 2. The van der Waals surface area contributed by atoms with Crippen LogP contribution in [0.1, 0.15) is 0 Å². The zero-order chi connectivity index (χ0) is 20.8. The van der Waals surface area contributed by atoms with Crippen molar-refractivity contribution in [1.82, 2.24) is 14.8 Å². The third-order valence-corrected chi connectivity index (χ3v) is 5.61. The summed E-state index contributed by atoms with van der Waals surface area (Å²) in [7, 11) is 4.00. The molecule has 0 fully saturated rings. The van der Waals surface area contributed by atoms with E-state index < -0.39 is 0 Å². The highest BCUT2D eigenvalue weighted by Crippen LogP contribution is 2.27. The van der Waals surface area contributed by atoms with Gasteiger partial charge < -0.3 is 10.2 Å². The molecule has 3 aromatic rings. The van der Waals surface area contributed by atoms with E-state index in [1.165, 1.54) is 11.8 Å². The lowest BCUT2D eigenvalue weighted by molar-refractivity contribution is -0.113. The van der Waals surface area contributed by atoms with Crippen LogP contribution in [-0.2, 0) is 11.3 Å². The zero-order valence-corrected chi connectivity index (χ0v) is 18.7. The van der Waals surface area contributed by atoms with Crippen LogP contribution in [0.5, 0.6) is 0 Å². The Morgan fingerprint density at radius 1 is 1.24 bits per heavy atom. The van der Waals surface area contributed by atoms with Crippen molar-refractivity contribution in [3.05, 3.63) is 65.7 Å². The van der Waals surface area contributed by atoms with Crippen molar-refractivity contribution in [2.75, 3.05) is 30.1 Å². The van der Waals surface area contributed by atoms with Gasteiger partial charge in [-0.25, -0.2) is 0 Å². The van der Waals surface area contributed by atoms with Gasteiger partial charge in [0.25, 0.3) is 0 Å². The molecule has 1 aromatic heterocycles. The van der Waals surface area contributed by atoms with Crippen molar-refractivity contribution >= 4 is 45.0 Å². The van der Waals surface area contributed by atoms with Crippen LogP contribution in [0.15, 0.2) is 70.8 Å². The van der Waals surface area contributed by atoms with Crippen molar-refractivity contribution in [2.24, 2.45) is 0 Å². The highest BCUT2D eigenvalue weighted by molar-refractivity contribution is 9.10. The Bertz CT molecular complexity index is 1000. The van der Waals surface area contributed by atoms with E-state index in [0.717, 1.165) is 27.2 Å². The molecule has 0 saturated heterocycles. The molecule has 0 aliphatic carbocycles. The molecular weight excluding hydrogens is 450 g/mol. The van der Waals surface area contributed by atoms with Gasteiger partial charge in [-0.05, 0) is 36.4 Å². The number of carbonyl (C=O) groups is 1. The fraction of sp³-hybridized carbons (Fsp3) is 0.190. The fourth-order valence-corrected chi connectivity index (χ4v) is 3.70. The van der Waals surface area contributed by atoms with Gasteiger partial charge in [-0.2, -0.15) is 0 Å². The summed E-state index contributed by atoms with van der Waals surface area (Å²) in [4.78, 5) is 14.4. The highest BCUT2D eigenvalue weighted by Gasteiger charge is 2.15. The van der Waals surface area contributed by atoms with Crippen LogP contribution in [0.2, 0.25) is 0 Å². The summed E-state index contributed by atoms with van der Waals surface area (Å²) >= 11 is 4.74. The third-order valence-electron chi connectivity index (χ3n) is 4.11. The van der Waals surface area contributed by atoms with Crippen molar-refractivity contribution in [3.63, 3.8) is 0 Å². The molecule has 0 bridgehead atoms. The standard InChI is InChI=1S/C21H22BrN5OS/c1-4-12-27-20(15-6-5-7-18(13-15)26(2)3)24-25-21(27)29-14-19(28)23-17-10-8-16(22)9-11-17/h4-11,13H,1,12,14H2,2-3H3,(H,23,28). The Labute approximate surface area is 183 Å². The lowest BCUT2D eigenvalue weighted by Gasteiger charge is -2.14. The zero-order valence-electron chi connectivity index (χ0n) is 16.3. The summed E-state index contributed by atoms with van der Waals surface area (Å²) in [5, 5.41) is 12.2. The predicted octanol–water partition coefficient (Wildman–Crippen LogP) is 4.69. The summed E-state index contributed by atoms with van der Waals surface area (Å²) < 4.78 is 2.94. The Hall–Kier alpha value is -2.58. The second kappa shape index (κ2) is 9.76. The van der Waals surface area contributed by atoms with E-state index in [4.69, 9.17) is 0 Å². The third kappa shape index (κ3) is 5.48. The van der Waals surface area contributed by atoms with Crippen LogP contribution in [-0.4, -0.2) is 40.5 Å². The SMILES string of the molecule is C=CCn1c(SCC(=O)Nc2ccc(Br)cc2)nnc1-c1cccc(N(C)C)c1. The summed E-state index contributed by atoms with van der Waals surface area (Å²) in [6.45, 7) is 4.40. The maximum absolute atomic E-state index is 12.3. The van der Waals surface area contributed by atoms with Gasteiger partial charge in [-0.15, -0.1) is 16.8 Å². The number of hydrogen-bond acceptors (Lipinski definition) is 5. The van der Waals surface area contributed by atoms with Gasteiger partial charge in [0, 0.05) is 42.1 Å². The summed E-state index contributed by atoms with van der Waals surface area (Å²) in [6.07, 6.45) is 1.80. The normalized spacial score (nSPS) is 10.6. The lowest BCUT2D eigenvalue weighted by Crippen LogP contribution is -2.14. The maximum atomic E-state index is 12.3. The monoisotopic (exact) mass is 471 g/mol. The van der Waals surface area contributed by atoms with Crippen LogP contribution in [0.3, 0.4) is 0 Å². The number of nitrogens with zero attached hydrogens (tertiary/aromatic N) is 4. The maximum Gasteiger partial charge on any atom is 0.234 e. The van der Waals surface area contributed by atoms with Crippen molar-refractivity contribution in [3.8, 4) is 11.4 Å². The van der Waals surface area contributed by atoms with Crippen LogP contribution < -0.4 is 10.2 Å². The molecule has 1 heterocycles. The molecule has 3 rings (SSSR count). The van der Waals surface area contributed by atoms with Crippen LogP contribution in [0, 0.1) is 0 Å². The number of anilines is 2. The van der Waals surface area contributed by atoms with E-state index in [9.17, 15) is 4.79 Å². The molecule has 0 unspecified atom stereocenters. The Balaban J connectivity index is 1.74. The van der Waals surface area contributed by atoms with Gasteiger partial charge in [-0.3, -0.25) is 9.36 Å². The Kier molecular flexibility index (Phi) is 7.11. The first-order chi connectivity index (χ1) is 14.0. The van der Waals surface area contributed by atoms with Crippen molar-refractivity contribution in [1.29, 1.82) is 0 Å². The Morgan fingerprint density at radius 2 is 2.00 bits per heavy atom. The molecule has 0 aliphatic rings. The molecule has 1 N–H and O–H groups in total. The number of rotatable bonds is 8.